The molecule has 0 spiro atoms. The van der Waals surface area contributed by atoms with Gasteiger partial charge in [0.25, 0.3) is 0 Å². The molecule has 6 nitrogen and oxygen atoms in total. The summed E-state index contributed by atoms with van der Waals surface area (Å²) in [6.45, 7) is 7.20. The molecule has 0 unspecified atom stereocenters. The highest BCUT2D eigenvalue weighted by atomic mass is 16.3. The van der Waals surface area contributed by atoms with Gasteiger partial charge in [-0.15, -0.1) is 0 Å². The van der Waals surface area contributed by atoms with Crippen LogP contribution >= 0.6 is 0 Å². The van der Waals surface area contributed by atoms with Crippen LogP contribution in [0.25, 0.3) is 0 Å². The number of hydrogen-bond acceptors (Lipinski definition) is 4. The summed E-state index contributed by atoms with van der Waals surface area (Å²) in [6.07, 6.45) is 0.624. The lowest BCUT2D eigenvalue weighted by molar-refractivity contribution is -0.121. The SMILES string of the molecule is CCN(CCCO)CC(=O)NC(=O)NC(C)C. The number of nitrogens with zero attached hydrogens (tertiary/aromatic N) is 1. The van der Waals surface area contributed by atoms with E-state index < -0.39 is 6.03 Å². The predicted molar refractivity (Wildman–Crippen MR) is 65.6 cm³/mol. The van der Waals surface area contributed by atoms with Crippen LogP contribution in [-0.4, -0.2) is 54.2 Å². The Morgan fingerprint density at radius 3 is 2.47 bits per heavy atom. The van der Waals surface area contributed by atoms with Crippen LogP contribution < -0.4 is 10.6 Å². The topological polar surface area (TPSA) is 81.7 Å². The van der Waals surface area contributed by atoms with Gasteiger partial charge in [-0.3, -0.25) is 15.0 Å². The van der Waals surface area contributed by atoms with Crippen molar-refractivity contribution in [1.29, 1.82) is 0 Å². The summed E-state index contributed by atoms with van der Waals surface area (Å²) >= 11 is 0. The second kappa shape index (κ2) is 8.95. The highest BCUT2D eigenvalue weighted by Gasteiger charge is 2.12. The Balaban J connectivity index is 3.93. The number of aliphatic hydroxyl groups is 1. The zero-order chi connectivity index (χ0) is 13.3. The summed E-state index contributed by atoms with van der Waals surface area (Å²) in [4.78, 5) is 24.6. The standard InChI is InChI=1S/C11H23N3O3/c1-4-14(6-5-7-15)8-10(16)13-11(17)12-9(2)3/h9,15H,4-8H2,1-3H3,(H2,12,13,16,17). The number of urea groups is 1. The lowest BCUT2D eigenvalue weighted by atomic mass is 10.3. The number of amides is 3. The van der Waals surface area contributed by atoms with Gasteiger partial charge < -0.3 is 10.4 Å². The molecule has 0 heterocycles. The fraction of sp³-hybridized carbons (Fsp3) is 0.818. The molecule has 0 radical (unpaired) electrons. The molecule has 0 aliphatic carbocycles. The fourth-order valence-electron chi connectivity index (χ4n) is 1.31. The van der Waals surface area contributed by atoms with Gasteiger partial charge in [-0.2, -0.15) is 0 Å². The number of carbonyl (C=O) groups excluding carboxylic acids is 2. The molecule has 0 saturated carbocycles. The molecule has 0 aromatic rings. The van der Waals surface area contributed by atoms with Gasteiger partial charge in [0.2, 0.25) is 5.91 Å². The van der Waals surface area contributed by atoms with Crippen LogP contribution in [0.15, 0.2) is 0 Å². The average molecular weight is 245 g/mol. The highest BCUT2D eigenvalue weighted by molar-refractivity contribution is 5.95. The third kappa shape index (κ3) is 8.65. The van der Waals surface area contributed by atoms with Gasteiger partial charge in [-0.25, -0.2) is 4.79 Å². The molecule has 0 aromatic heterocycles. The van der Waals surface area contributed by atoms with E-state index in [4.69, 9.17) is 5.11 Å². The number of aliphatic hydroxyl groups excluding tert-OH is 1. The van der Waals surface area contributed by atoms with Gasteiger partial charge in [0.15, 0.2) is 0 Å². The van der Waals surface area contributed by atoms with E-state index in [0.717, 1.165) is 0 Å². The smallest absolute Gasteiger partial charge is 0.321 e. The Morgan fingerprint density at radius 1 is 1.35 bits per heavy atom. The third-order valence-corrected chi connectivity index (χ3v) is 2.12. The van der Waals surface area contributed by atoms with Crippen molar-refractivity contribution in [3.8, 4) is 0 Å². The molecular formula is C11H23N3O3. The van der Waals surface area contributed by atoms with Crippen LogP contribution in [0.3, 0.4) is 0 Å². The lowest BCUT2D eigenvalue weighted by Gasteiger charge is -2.19. The normalized spacial score (nSPS) is 10.7. The van der Waals surface area contributed by atoms with Crippen LogP contribution in [0, 0.1) is 0 Å². The van der Waals surface area contributed by atoms with Crippen molar-refractivity contribution in [3.63, 3.8) is 0 Å². The summed E-state index contributed by atoms with van der Waals surface area (Å²) in [5.41, 5.74) is 0. The molecule has 0 atom stereocenters. The van der Waals surface area contributed by atoms with Gasteiger partial charge in [-0.05, 0) is 26.8 Å². The number of likely N-dealkylation sites (N-methyl/N-ethyl adjacent to an activating group) is 1. The van der Waals surface area contributed by atoms with Crippen molar-refractivity contribution in [2.45, 2.75) is 33.2 Å². The molecule has 3 amide bonds. The first kappa shape index (κ1) is 15.9. The first-order valence-electron chi connectivity index (χ1n) is 5.93. The van der Waals surface area contributed by atoms with Gasteiger partial charge in [0.05, 0.1) is 6.54 Å². The molecule has 0 bridgehead atoms. The molecule has 3 N–H and O–H groups in total. The average Bonchev–Trinajstić information content (AvgIpc) is 2.22. The summed E-state index contributed by atoms with van der Waals surface area (Å²) < 4.78 is 0. The molecule has 6 heteroatoms. The second-order valence-corrected chi connectivity index (χ2v) is 4.12. The van der Waals surface area contributed by atoms with Crippen LogP contribution in [0.1, 0.15) is 27.2 Å². The van der Waals surface area contributed by atoms with Crippen molar-refractivity contribution in [1.82, 2.24) is 15.5 Å². The van der Waals surface area contributed by atoms with E-state index in [-0.39, 0.29) is 25.1 Å². The predicted octanol–water partition coefficient (Wildman–Crippen LogP) is -0.0751. The zero-order valence-electron chi connectivity index (χ0n) is 10.8. The lowest BCUT2D eigenvalue weighted by Crippen LogP contribution is -2.46. The van der Waals surface area contributed by atoms with E-state index in [1.807, 2.05) is 25.7 Å². The molecule has 0 aliphatic heterocycles. The highest BCUT2D eigenvalue weighted by Crippen LogP contribution is 1.90. The van der Waals surface area contributed by atoms with Crippen LogP contribution in [-0.2, 0) is 4.79 Å². The monoisotopic (exact) mass is 245 g/mol. The minimum absolute atomic E-state index is 0.000493. The minimum Gasteiger partial charge on any atom is -0.396 e. The third-order valence-electron chi connectivity index (χ3n) is 2.12. The van der Waals surface area contributed by atoms with Gasteiger partial charge in [0.1, 0.15) is 0 Å². The van der Waals surface area contributed by atoms with E-state index in [1.165, 1.54) is 0 Å². The Labute approximate surface area is 102 Å². The number of imide groups is 1. The van der Waals surface area contributed by atoms with Gasteiger partial charge in [-0.1, -0.05) is 6.92 Å². The largest absolute Gasteiger partial charge is 0.396 e. The molecule has 0 aromatic carbocycles. The number of rotatable bonds is 7. The molecule has 17 heavy (non-hydrogen) atoms. The molecule has 0 saturated heterocycles. The number of hydrogen-bond donors (Lipinski definition) is 3. The maximum atomic E-state index is 11.5. The van der Waals surface area contributed by atoms with Gasteiger partial charge in [0, 0.05) is 19.2 Å². The molecule has 0 fully saturated rings. The summed E-state index contributed by atoms with van der Waals surface area (Å²) in [5.74, 6) is -0.331. The van der Waals surface area contributed by atoms with E-state index >= 15 is 0 Å². The number of nitrogens with one attached hydrogen (secondary N) is 2. The summed E-state index contributed by atoms with van der Waals surface area (Å²) in [5, 5.41) is 13.5. The van der Waals surface area contributed by atoms with Crippen molar-refractivity contribution in [2.75, 3.05) is 26.2 Å². The molecular weight excluding hydrogens is 222 g/mol. The Bertz CT molecular complexity index is 244. The van der Waals surface area contributed by atoms with Crippen molar-refractivity contribution in [2.24, 2.45) is 0 Å². The van der Waals surface area contributed by atoms with Crippen LogP contribution in [0.5, 0.6) is 0 Å². The summed E-state index contributed by atoms with van der Waals surface area (Å²) in [7, 11) is 0. The van der Waals surface area contributed by atoms with E-state index in [0.29, 0.717) is 19.5 Å². The fourth-order valence-corrected chi connectivity index (χ4v) is 1.31. The summed E-state index contributed by atoms with van der Waals surface area (Å²) in [6, 6.07) is -0.470. The van der Waals surface area contributed by atoms with Gasteiger partial charge >= 0.3 is 6.03 Å². The first-order valence-corrected chi connectivity index (χ1v) is 5.93. The number of carbonyl (C=O) groups is 2. The van der Waals surface area contributed by atoms with E-state index in [1.54, 1.807) is 0 Å². The Kier molecular flexibility index (Phi) is 8.35. The minimum atomic E-state index is -0.469. The maximum absolute atomic E-state index is 11.5. The molecule has 0 aliphatic rings. The van der Waals surface area contributed by atoms with Crippen molar-refractivity contribution >= 4 is 11.9 Å². The second-order valence-electron chi connectivity index (χ2n) is 4.12. The van der Waals surface area contributed by atoms with Crippen molar-refractivity contribution < 1.29 is 14.7 Å². The first-order chi connectivity index (χ1) is 7.99. The molecule has 100 valence electrons. The quantitative estimate of drug-likeness (QED) is 0.586. The van der Waals surface area contributed by atoms with Crippen molar-refractivity contribution in [3.05, 3.63) is 0 Å². The maximum Gasteiger partial charge on any atom is 0.321 e. The van der Waals surface area contributed by atoms with E-state index in [9.17, 15) is 9.59 Å². The Morgan fingerprint density at radius 2 is 2.00 bits per heavy atom. The molecule has 0 rings (SSSR count). The zero-order valence-corrected chi connectivity index (χ0v) is 10.8. The van der Waals surface area contributed by atoms with E-state index in [2.05, 4.69) is 10.6 Å². The van der Waals surface area contributed by atoms with Crippen LogP contribution in [0.2, 0.25) is 0 Å². The van der Waals surface area contributed by atoms with Crippen LogP contribution in [0.4, 0.5) is 4.79 Å². The Hall–Kier alpha value is -1.14.